The monoisotopic (exact) mass is 385 g/mol. The first-order valence-electron chi connectivity index (χ1n) is 10.3. The fourth-order valence-electron chi connectivity index (χ4n) is 4.13. The fraction of sp³-hybridized carbons (Fsp3) is 0.682. The van der Waals surface area contributed by atoms with Gasteiger partial charge in [0, 0.05) is 18.5 Å². The number of carbonyl (C=O) groups excluding carboxylic acids is 1. The Kier molecular flexibility index (Phi) is 4.23. The molecule has 0 bridgehead atoms. The van der Waals surface area contributed by atoms with Gasteiger partial charge in [-0.2, -0.15) is 0 Å². The summed E-state index contributed by atoms with van der Waals surface area (Å²) in [6.07, 6.45) is 2.01. The molecule has 0 N–H and O–H groups in total. The van der Waals surface area contributed by atoms with Gasteiger partial charge in [-0.15, -0.1) is 0 Å². The molecule has 0 atom stereocenters. The zero-order valence-electron chi connectivity index (χ0n) is 18.2. The molecule has 4 rings (SSSR count). The maximum atomic E-state index is 12.7. The van der Waals surface area contributed by atoms with E-state index >= 15 is 0 Å². The Morgan fingerprint density at radius 2 is 1.71 bits per heavy atom. The van der Waals surface area contributed by atoms with Gasteiger partial charge in [-0.25, -0.2) is 4.79 Å². The number of ether oxygens (including phenoxy) is 1. The SMILES string of the molecule is CC(C)(C)OC(=O)N1Cc2cc(B3OC(C)(C)C(C)(C)O3)ccc2C2(CC2)C1. The molecule has 152 valence electrons. The molecule has 1 saturated heterocycles. The first kappa shape index (κ1) is 19.8. The number of fused-ring (bicyclic) bond motifs is 2. The van der Waals surface area contributed by atoms with Crippen molar-refractivity contribution in [2.24, 2.45) is 0 Å². The number of benzene rings is 1. The molecule has 3 aliphatic rings. The minimum absolute atomic E-state index is 0.0962. The number of hydrogen-bond donors (Lipinski definition) is 0. The molecule has 1 aromatic rings. The quantitative estimate of drug-likeness (QED) is 0.691. The predicted octanol–water partition coefficient (Wildman–Crippen LogP) is 3.77. The third kappa shape index (κ3) is 3.35. The van der Waals surface area contributed by atoms with Gasteiger partial charge in [-0.05, 0) is 77.9 Å². The van der Waals surface area contributed by atoms with Crippen molar-refractivity contribution in [2.45, 2.75) is 90.1 Å². The van der Waals surface area contributed by atoms with Crippen molar-refractivity contribution in [3.63, 3.8) is 0 Å². The molecule has 0 radical (unpaired) electrons. The van der Waals surface area contributed by atoms with E-state index in [2.05, 4.69) is 45.9 Å². The summed E-state index contributed by atoms with van der Waals surface area (Å²) in [5.41, 5.74) is 2.44. The Morgan fingerprint density at radius 3 is 2.25 bits per heavy atom. The minimum atomic E-state index is -0.487. The van der Waals surface area contributed by atoms with Crippen LogP contribution in [0.25, 0.3) is 0 Å². The van der Waals surface area contributed by atoms with E-state index in [-0.39, 0.29) is 29.8 Å². The van der Waals surface area contributed by atoms with Crippen LogP contribution in [0.4, 0.5) is 4.79 Å². The molecular formula is C22H32BNO4. The van der Waals surface area contributed by atoms with Crippen LogP contribution in [-0.4, -0.2) is 41.5 Å². The molecule has 5 nitrogen and oxygen atoms in total. The zero-order chi connectivity index (χ0) is 20.5. The normalized spacial score (nSPS) is 24.2. The zero-order valence-corrected chi connectivity index (χ0v) is 18.2. The lowest BCUT2D eigenvalue weighted by Crippen LogP contribution is -2.45. The van der Waals surface area contributed by atoms with E-state index in [0.717, 1.165) is 24.8 Å². The molecule has 6 heteroatoms. The van der Waals surface area contributed by atoms with Gasteiger partial charge < -0.3 is 18.9 Å². The van der Waals surface area contributed by atoms with Gasteiger partial charge in [-0.1, -0.05) is 18.2 Å². The van der Waals surface area contributed by atoms with Crippen LogP contribution < -0.4 is 5.46 Å². The summed E-state index contributed by atoms with van der Waals surface area (Å²) in [4.78, 5) is 14.6. The summed E-state index contributed by atoms with van der Waals surface area (Å²) in [5.74, 6) is 0. The highest BCUT2D eigenvalue weighted by Gasteiger charge is 2.53. The molecule has 1 aliphatic carbocycles. The number of amides is 1. The number of hydrogen-bond acceptors (Lipinski definition) is 4. The summed E-state index contributed by atoms with van der Waals surface area (Å²) < 4.78 is 18.1. The predicted molar refractivity (Wildman–Crippen MR) is 110 cm³/mol. The van der Waals surface area contributed by atoms with Crippen molar-refractivity contribution < 1.29 is 18.8 Å². The van der Waals surface area contributed by atoms with Crippen molar-refractivity contribution in [3.05, 3.63) is 29.3 Å². The van der Waals surface area contributed by atoms with E-state index in [0.29, 0.717) is 6.54 Å². The molecule has 2 aliphatic heterocycles. The highest BCUT2D eigenvalue weighted by Crippen LogP contribution is 2.52. The largest absolute Gasteiger partial charge is 0.494 e. The highest BCUT2D eigenvalue weighted by molar-refractivity contribution is 6.62. The van der Waals surface area contributed by atoms with Crippen LogP contribution in [-0.2, 0) is 26.0 Å². The summed E-state index contributed by atoms with van der Waals surface area (Å²) in [6.45, 7) is 15.3. The first-order valence-corrected chi connectivity index (χ1v) is 10.3. The van der Waals surface area contributed by atoms with Gasteiger partial charge in [-0.3, -0.25) is 0 Å². The second-order valence-electron chi connectivity index (χ2n) is 10.6. The smallest absolute Gasteiger partial charge is 0.444 e. The molecule has 1 amide bonds. The maximum Gasteiger partial charge on any atom is 0.494 e. The Bertz CT molecular complexity index is 791. The number of carbonyl (C=O) groups is 1. The van der Waals surface area contributed by atoms with Gasteiger partial charge in [0.15, 0.2) is 0 Å². The van der Waals surface area contributed by atoms with Crippen LogP contribution in [0.15, 0.2) is 18.2 Å². The molecule has 1 aromatic carbocycles. The molecule has 2 fully saturated rings. The van der Waals surface area contributed by atoms with E-state index in [1.807, 2.05) is 25.7 Å². The van der Waals surface area contributed by atoms with Gasteiger partial charge in [0.1, 0.15) is 5.60 Å². The summed E-state index contributed by atoms with van der Waals surface area (Å²) in [5, 5.41) is 0. The van der Waals surface area contributed by atoms with Crippen LogP contribution in [0, 0.1) is 0 Å². The van der Waals surface area contributed by atoms with E-state index in [9.17, 15) is 4.79 Å². The second kappa shape index (κ2) is 5.99. The third-order valence-corrected chi connectivity index (χ3v) is 6.59. The summed E-state index contributed by atoms with van der Waals surface area (Å²) in [6, 6.07) is 6.51. The standard InChI is InChI=1S/C22H32BNO4/c1-19(2,3)26-18(25)24-13-15-12-16(8-9-17(15)22(14-24)10-11-22)23-27-20(4,5)21(6,7)28-23/h8-9,12H,10-11,13-14H2,1-7H3. The Morgan fingerprint density at radius 1 is 1.11 bits per heavy atom. The van der Waals surface area contributed by atoms with E-state index in [4.69, 9.17) is 14.0 Å². The van der Waals surface area contributed by atoms with Crippen LogP contribution in [0.5, 0.6) is 0 Å². The van der Waals surface area contributed by atoms with Crippen LogP contribution in [0.2, 0.25) is 0 Å². The lowest BCUT2D eigenvalue weighted by molar-refractivity contribution is 0.00578. The Hall–Kier alpha value is -1.53. The van der Waals surface area contributed by atoms with Crippen molar-refractivity contribution in [1.29, 1.82) is 0 Å². The van der Waals surface area contributed by atoms with Crippen molar-refractivity contribution in [3.8, 4) is 0 Å². The van der Waals surface area contributed by atoms with Gasteiger partial charge in [0.05, 0.1) is 11.2 Å². The average Bonchev–Trinajstić information content (AvgIpc) is 3.26. The van der Waals surface area contributed by atoms with Crippen LogP contribution in [0.1, 0.15) is 72.4 Å². The molecule has 1 spiro atoms. The highest BCUT2D eigenvalue weighted by atomic mass is 16.7. The topological polar surface area (TPSA) is 48.0 Å². The molecule has 28 heavy (non-hydrogen) atoms. The second-order valence-corrected chi connectivity index (χ2v) is 10.6. The van der Waals surface area contributed by atoms with Gasteiger partial charge in [0.25, 0.3) is 0 Å². The van der Waals surface area contributed by atoms with Crippen LogP contribution >= 0.6 is 0 Å². The van der Waals surface area contributed by atoms with E-state index < -0.39 is 5.60 Å². The number of nitrogens with zero attached hydrogens (tertiary/aromatic N) is 1. The summed E-state index contributed by atoms with van der Waals surface area (Å²) >= 11 is 0. The average molecular weight is 385 g/mol. The molecule has 1 saturated carbocycles. The van der Waals surface area contributed by atoms with Crippen molar-refractivity contribution in [1.82, 2.24) is 4.90 Å². The van der Waals surface area contributed by atoms with Crippen molar-refractivity contribution >= 4 is 18.7 Å². The third-order valence-electron chi connectivity index (χ3n) is 6.59. The van der Waals surface area contributed by atoms with Gasteiger partial charge >= 0.3 is 13.2 Å². The fourth-order valence-corrected chi connectivity index (χ4v) is 4.13. The molecule has 0 unspecified atom stereocenters. The lowest BCUT2D eigenvalue weighted by atomic mass is 9.75. The van der Waals surface area contributed by atoms with E-state index in [1.165, 1.54) is 11.1 Å². The molecular weight excluding hydrogens is 353 g/mol. The molecule has 2 heterocycles. The Labute approximate surface area is 168 Å². The van der Waals surface area contributed by atoms with Gasteiger partial charge in [0.2, 0.25) is 0 Å². The minimum Gasteiger partial charge on any atom is -0.444 e. The van der Waals surface area contributed by atoms with E-state index in [1.54, 1.807) is 0 Å². The summed E-state index contributed by atoms with van der Waals surface area (Å²) in [7, 11) is -0.387. The lowest BCUT2D eigenvalue weighted by Gasteiger charge is -2.36. The van der Waals surface area contributed by atoms with Crippen molar-refractivity contribution in [2.75, 3.05) is 6.54 Å². The maximum absolute atomic E-state index is 12.7. The first-order chi connectivity index (χ1) is 12.8. The Balaban J connectivity index is 1.61. The van der Waals surface area contributed by atoms with Crippen LogP contribution in [0.3, 0.4) is 0 Å². The molecule has 0 aromatic heterocycles. The number of rotatable bonds is 1.